The third-order valence-electron chi connectivity index (χ3n) is 4.75. The van der Waals surface area contributed by atoms with Crippen LogP contribution < -0.4 is 5.32 Å². The van der Waals surface area contributed by atoms with E-state index in [1.165, 1.54) is 4.90 Å². The van der Waals surface area contributed by atoms with Gasteiger partial charge >= 0.3 is 0 Å². The van der Waals surface area contributed by atoms with Gasteiger partial charge in [-0.2, -0.15) is 0 Å². The van der Waals surface area contributed by atoms with Crippen molar-refractivity contribution in [3.8, 4) is 0 Å². The lowest BCUT2D eigenvalue weighted by molar-refractivity contribution is -0.116. The summed E-state index contributed by atoms with van der Waals surface area (Å²) in [5.74, 6) is -0.389. The van der Waals surface area contributed by atoms with Crippen LogP contribution in [0.2, 0.25) is 0 Å². The largest absolute Gasteiger partial charge is 0.326 e. The van der Waals surface area contributed by atoms with Gasteiger partial charge in [-0.15, -0.1) is 0 Å². The van der Waals surface area contributed by atoms with Gasteiger partial charge < -0.3 is 5.32 Å². The number of benzene rings is 2. The van der Waals surface area contributed by atoms with E-state index in [9.17, 15) is 14.4 Å². The molecule has 1 N–H and O–H groups in total. The Kier molecular flexibility index (Phi) is 6.01. The molecule has 0 spiro atoms. The number of fused-ring (bicyclic) bond motifs is 1. The second-order valence-electron chi connectivity index (χ2n) is 6.89. The second kappa shape index (κ2) is 8.62. The summed E-state index contributed by atoms with van der Waals surface area (Å²) in [6.45, 7) is 2.44. The SMILES string of the molecule is Cc1ccc(NC(=O)CCCCCCN2C(=O)c3ccccc3C2=O)cc1. The number of hydrogen-bond donors (Lipinski definition) is 1. The number of anilines is 1. The quantitative estimate of drug-likeness (QED) is 0.564. The lowest BCUT2D eigenvalue weighted by Crippen LogP contribution is -2.30. The molecule has 0 aromatic heterocycles. The average Bonchev–Trinajstić information content (AvgIpc) is 2.91. The molecule has 1 aliphatic heterocycles. The number of nitrogens with one attached hydrogen (secondary N) is 1. The maximum Gasteiger partial charge on any atom is 0.261 e. The molecule has 1 aliphatic rings. The number of unbranched alkanes of at least 4 members (excludes halogenated alkanes) is 3. The molecule has 3 amide bonds. The van der Waals surface area contributed by atoms with Gasteiger partial charge in [-0.05, 0) is 44.0 Å². The molecule has 5 heteroatoms. The minimum atomic E-state index is -0.201. The van der Waals surface area contributed by atoms with E-state index in [0.717, 1.165) is 36.9 Å². The Hall–Kier alpha value is -2.95. The molecule has 0 saturated carbocycles. The van der Waals surface area contributed by atoms with Crippen LogP contribution in [0.15, 0.2) is 48.5 Å². The number of amides is 3. The van der Waals surface area contributed by atoms with Crippen molar-refractivity contribution in [1.29, 1.82) is 0 Å². The Morgan fingerprint density at radius 1 is 0.852 bits per heavy atom. The fourth-order valence-electron chi connectivity index (χ4n) is 3.21. The molecule has 0 bridgehead atoms. The summed E-state index contributed by atoms with van der Waals surface area (Å²) in [4.78, 5) is 37.8. The summed E-state index contributed by atoms with van der Waals surface area (Å²) >= 11 is 0. The highest BCUT2D eigenvalue weighted by Crippen LogP contribution is 2.22. The van der Waals surface area contributed by atoms with Crippen molar-refractivity contribution >= 4 is 23.4 Å². The molecule has 1 heterocycles. The number of rotatable bonds is 8. The first-order valence-corrected chi connectivity index (χ1v) is 9.38. The lowest BCUT2D eigenvalue weighted by atomic mass is 10.1. The highest BCUT2D eigenvalue weighted by atomic mass is 16.2. The minimum Gasteiger partial charge on any atom is -0.326 e. The molecular formula is C22H24N2O3. The summed E-state index contributed by atoms with van der Waals surface area (Å²) in [7, 11) is 0. The van der Waals surface area contributed by atoms with E-state index in [2.05, 4.69) is 5.32 Å². The zero-order chi connectivity index (χ0) is 19.2. The number of carbonyl (C=O) groups excluding carboxylic acids is 3. The standard InChI is InChI=1S/C22H24N2O3/c1-16-11-13-17(14-12-16)23-20(25)10-4-2-3-7-15-24-21(26)18-8-5-6-9-19(18)22(24)27/h5-6,8-9,11-14H,2-4,7,10,15H2,1H3,(H,23,25). The van der Waals surface area contributed by atoms with Crippen molar-refractivity contribution in [2.45, 2.75) is 39.0 Å². The molecule has 140 valence electrons. The summed E-state index contributed by atoms with van der Waals surface area (Å²) in [6.07, 6.45) is 3.79. The first-order valence-electron chi connectivity index (χ1n) is 9.38. The molecule has 3 rings (SSSR count). The van der Waals surface area contributed by atoms with E-state index in [1.807, 2.05) is 31.2 Å². The van der Waals surface area contributed by atoms with E-state index >= 15 is 0 Å². The molecule has 5 nitrogen and oxygen atoms in total. The van der Waals surface area contributed by atoms with Crippen molar-refractivity contribution in [1.82, 2.24) is 4.90 Å². The minimum absolute atomic E-state index is 0.0131. The predicted molar refractivity (Wildman–Crippen MR) is 105 cm³/mol. The third kappa shape index (κ3) is 4.61. The van der Waals surface area contributed by atoms with Gasteiger partial charge in [0.15, 0.2) is 0 Å². The lowest BCUT2D eigenvalue weighted by Gasteiger charge is -2.13. The van der Waals surface area contributed by atoms with Crippen LogP contribution in [0, 0.1) is 6.92 Å². The Morgan fingerprint density at radius 3 is 2.07 bits per heavy atom. The van der Waals surface area contributed by atoms with Gasteiger partial charge in [0.1, 0.15) is 0 Å². The molecular weight excluding hydrogens is 340 g/mol. The molecule has 0 radical (unpaired) electrons. The Morgan fingerprint density at radius 2 is 1.44 bits per heavy atom. The van der Waals surface area contributed by atoms with Gasteiger partial charge in [0.05, 0.1) is 11.1 Å². The number of hydrogen-bond acceptors (Lipinski definition) is 3. The van der Waals surface area contributed by atoms with Gasteiger partial charge in [-0.3, -0.25) is 19.3 Å². The van der Waals surface area contributed by atoms with Crippen LogP contribution in [-0.4, -0.2) is 29.2 Å². The molecule has 2 aromatic rings. The summed E-state index contributed by atoms with van der Waals surface area (Å²) < 4.78 is 0. The maximum atomic E-state index is 12.3. The van der Waals surface area contributed by atoms with Crippen LogP contribution in [0.3, 0.4) is 0 Å². The number of aryl methyl sites for hydroxylation is 1. The van der Waals surface area contributed by atoms with E-state index in [-0.39, 0.29) is 17.7 Å². The second-order valence-corrected chi connectivity index (χ2v) is 6.89. The maximum absolute atomic E-state index is 12.3. The first kappa shape index (κ1) is 18.8. The summed E-state index contributed by atoms with van der Waals surface area (Å²) in [6, 6.07) is 14.7. The molecule has 0 unspecified atom stereocenters. The van der Waals surface area contributed by atoms with Crippen LogP contribution in [0.4, 0.5) is 5.69 Å². The van der Waals surface area contributed by atoms with E-state index in [1.54, 1.807) is 24.3 Å². The van der Waals surface area contributed by atoms with Crippen molar-refractivity contribution in [3.63, 3.8) is 0 Å². The van der Waals surface area contributed by atoms with Gasteiger partial charge in [0, 0.05) is 18.7 Å². The highest BCUT2D eigenvalue weighted by Gasteiger charge is 2.34. The van der Waals surface area contributed by atoms with Gasteiger partial charge in [0.25, 0.3) is 11.8 Å². The van der Waals surface area contributed by atoms with Gasteiger partial charge in [-0.1, -0.05) is 42.7 Å². The van der Waals surface area contributed by atoms with Gasteiger partial charge in [-0.25, -0.2) is 0 Å². The first-order chi connectivity index (χ1) is 13.1. The van der Waals surface area contributed by atoms with E-state index in [4.69, 9.17) is 0 Å². The molecule has 0 fully saturated rings. The Labute approximate surface area is 159 Å². The third-order valence-corrected chi connectivity index (χ3v) is 4.75. The van der Waals surface area contributed by atoms with Crippen LogP contribution in [-0.2, 0) is 4.79 Å². The average molecular weight is 364 g/mol. The van der Waals surface area contributed by atoms with Crippen LogP contribution in [0.25, 0.3) is 0 Å². The zero-order valence-corrected chi connectivity index (χ0v) is 15.5. The smallest absolute Gasteiger partial charge is 0.261 e. The summed E-state index contributed by atoms with van der Waals surface area (Å²) in [5.41, 5.74) is 2.97. The Balaban J connectivity index is 1.33. The molecule has 27 heavy (non-hydrogen) atoms. The van der Waals surface area contributed by atoms with Crippen LogP contribution >= 0.6 is 0 Å². The highest BCUT2D eigenvalue weighted by molar-refractivity contribution is 6.21. The monoisotopic (exact) mass is 364 g/mol. The zero-order valence-electron chi connectivity index (χ0n) is 15.5. The topological polar surface area (TPSA) is 66.5 Å². The van der Waals surface area contributed by atoms with Crippen molar-refractivity contribution < 1.29 is 14.4 Å². The number of carbonyl (C=O) groups is 3. The molecule has 0 aliphatic carbocycles. The van der Waals surface area contributed by atoms with E-state index < -0.39 is 0 Å². The summed E-state index contributed by atoms with van der Waals surface area (Å²) in [5, 5.41) is 2.89. The van der Waals surface area contributed by atoms with Crippen molar-refractivity contribution in [2.24, 2.45) is 0 Å². The molecule has 2 aromatic carbocycles. The molecule has 0 atom stereocenters. The van der Waals surface area contributed by atoms with Crippen molar-refractivity contribution in [3.05, 3.63) is 65.2 Å². The van der Waals surface area contributed by atoms with E-state index in [0.29, 0.717) is 24.1 Å². The fourth-order valence-corrected chi connectivity index (χ4v) is 3.21. The van der Waals surface area contributed by atoms with Crippen LogP contribution in [0.1, 0.15) is 58.4 Å². The fraction of sp³-hybridized carbons (Fsp3) is 0.318. The van der Waals surface area contributed by atoms with Crippen LogP contribution in [0.5, 0.6) is 0 Å². The molecule has 0 saturated heterocycles. The number of nitrogens with zero attached hydrogens (tertiary/aromatic N) is 1. The predicted octanol–water partition coefficient (Wildman–Crippen LogP) is 4.18. The number of imide groups is 1. The normalized spacial score (nSPS) is 13.0. The van der Waals surface area contributed by atoms with Gasteiger partial charge in [0.2, 0.25) is 5.91 Å². The van der Waals surface area contributed by atoms with Crippen molar-refractivity contribution in [2.75, 3.05) is 11.9 Å². The Bertz CT molecular complexity index is 808.